The van der Waals surface area contributed by atoms with Crippen LogP contribution in [0.5, 0.6) is 0 Å². The lowest BCUT2D eigenvalue weighted by molar-refractivity contribution is 0.244. The molecule has 0 aromatic carbocycles. The molecule has 1 heterocycles. The molecule has 7 heteroatoms. The number of amides is 2. The molecule has 90 valence electrons. The van der Waals surface area contributed by atoms with Gasteiger partial charge in [0.25, 0.3) is 0 Å². The minimum Gasteiger partial charge on any atom is -0.333 e. The van der Waals surface area contributed by atoms with Crippen LogP contribution < -0.4 is 10.6 Å². The third-order valence-corrected chi connectivity index (χ3v) is 3.24. The SMILES string of the molecule is CCSc1nnc(NC(=O)NC(C)(C)C)s1. The van der Waals surface area contributed by atoms with Crippen LogP contribution in [0.15, 0.2) is 4.34 Å². The monoisotopic (exact) mass is 260 g/mol. The fourth-order valence-corrected chi connectivity index (χ4v) is 2.56. The Kier molecular flexibility index (Phi) is 4.55. The number of anilines is 1. The smallest absolute Gasteiger partial charge is 0.321 e. The molecule has 0 aliphatic heterocycles. The topological polar surface area (TPSA) is 66.9 Å². The lowest BCUT2D eigenvalue weighted by Gasteiger charge is -2.19. The van der Waals surface area contributed by atoms with Crippen molar-refractivity contribution in [3.05, 3.63) is 0 Å². The van der Waals surface area contributed by atoms with Crippen molar-refractivity contribution in [1.82, 2.24) is 15.5 Å². The molecule has 16 heavy (non-hydrogen) atoms. The highest BCUT2D eigenvalue weighted by atomic mass is 32.2. The lowest BCUT2D eigenvalue weighted by Crippen LogP contribution is -2.43. The van der Waals surface area contributed by atoms with E-state index < -0.39 is 0 Å². The fourth-order valence-electron chi connectivity index (χ4n) is 0.911. The molecule has 0 saturated carbocycles. The highest BCUT2D eigenvalue weighted by Crippen LogP contribution is 2.24. The number of aromatic nitrogens is 2. The molecule has 0 unspecified atom stereocenters. The Bertz CT molecular complexity index is 359. The summed E-state index contributed by atoms with van der Waals surface area (Å²) in [5, 5.41) is 13.8. The molecule has 0 atom stereocenters. The summed E-state index contributed by atoms with van der Waals surface area (Å²) < 4.78 is 0.869. The predicted octanol–water partition coefficient (Wildman–Crippen LogP) is 2.57. The summed E-state index contributed by atoms with van der Waals surface area (Å²) in [6.45, 7) is 7.81. The molecule has 0 spiro atoms. The second kappa shape index (κ2) is 5.49. The van der Waals surface area contributed by atoms with Gasteiger partial charge in [0.1, 0.15) is 0 Å². The van der Waals surface area contributed by atoms with Gasteiger partial charge in [0.05, 0.1) is 0 Å². The minimum absolute atomic E-state index is 0.253. The molecule has 0 fully saturated rings. The van der Waals surface area contributed by atoms with Gasteiger partial charge < -0.3 is 5.32 Å². The molecular formula is C9H16N4OS2. The van der Waals surface area contributed by atoms with Gasteiger partial charge in [-0.2, -0.15) is 0 Å². The highest BCUT2D eigenvalue weighted by molar-refractivity contribution is 8.01. The van der Waals surface area contributed by atoms with Gasteiger partial charge in [-0.15, -0.1) is 10.2 Å². The largest absolute Gasteiger partial charge is 0.333 e. The number of rotatable bonds is 3. The van der Waals surface area contributed by atoms with Gasteiger partial charge >= 0.3 is 6.03 Å². The summed E-state index contributed by atoms with van der Waals surface area (Å²) in [5.74, 6) is 0.947. The molecule has 2 amide bonds. The summed E-state index contributed by atoms with van der Waals surface area (Å²) >= 11 is 2.99. The Labute approximate surface area is 103 Å². The summed E-state index contributed by atoms with van der Waals surface area (Å²) in [5.41, 5.74) is -0.254. The van der Waals surface area contributed by atoms with Crippen LogP contribution in [0.25, 0.3) is 0 Å². The van der Waals surface area contributed by atoms with E-state index in [4.69, 9.17) is 0 Å². The van der Waals surface area contributed by atoms with Gasteiger partial charge in [-0.1, -0.05) is 30.0 Å². The average Bonchev–Trinajstić information content (AvgIpc) is 2.49. The van der Waals surface area contributed by atoms with Crippen molar-refractivity contribution in [1.29, 1.82) is 0 Å². The first kappa shape index (κ1) is 13.2. The van der Waals surface area contributed by atoms with Crippen molar-refractivity contribution in [2.45, 2.75) is 37.6 Å². The third-order valence-electron chi connectivity index (χ3n) is 1.38. The number of urea groups is 1. The van der Waals surface area contributed by atoms with Gasteiger partial charge in [-0.05, 0) is 26.5 Å². The summed E-state index contributed by atoms with van der Waals surface area (Å²) in [6.07, 6.45) is 0. The standard InChI is InChI=1S/C9H16N4OS2/c1-5-15-8-13-12-7(16-8)10-6(14)11-9(2,3)4/h5H2,1-4H3,(H2,10,11,12,14). The number of hydrogen-bond donors (Lipinski definition) is 2. The maximum atomic E-state index is 11.5. The quantitative estimate of drug-likeness (QED) is 0.647. The molecule has 0 aliphatic carbocycles. The number of nitrogens with zero attached hydrogens (tertiary/aromatic N) is 2. The maximum absolute atomic E-state index is 11.5. The first-order valence-electron chi connectivity index (χ1n) is 4.96. The Hall–Kier alpha value is -0.820. The molecule has 5 nitrogen and oxygen atoms in total. The molecule has 0 bridgehead atoms. The second-order valence-electron chi connectivity index (χ2n) is 4.14. The van der Waals surface area contributed by atoms with Crippen LogP contribution in [0.4, 0.5) is 9.93 Å². The predicted molar refractivity (Wildman–Crippen MR) is 68.2 cm³/mol. The van der Waals surface area contributed by atoms with Crippen LogP contribution in [-0.2, 0) is 0 Å². The van der Waals surface area contributed by atoms with Crippen LogP contribution in [0.3, 0.4) is 0 Å². The van der Waals surface area contributed by atoms with Crippen LogP contribution in [0.1, 0.15) is 27.7 Å². The zero-order valence-electron chi connectivity index (χ0n) is 9.83. The van der Waals surface area contributed by atoms with E-state index in [0.29, 0.717) is 5.13 Å². The van der Waals surface area contributed by atoms with Gasteiger partial charge in [0.2, 0.25) is 5.13 Å². The Morgan fingerprint density at radius 1 is 1.44 bits per heavy atom. The van der Waals surface area contributed by atoms with E-state index in [1.165, 1.54) is 11.3 Å². The molecule has 0 radical (unpaired) electrons. The number of nitrogens with one attached hydrogen (secondary N) is 2. The molecule has 2 N–H and O–H groups in total. The van der Waals surface area contributed by atoms with E-state index in [2.05, 4.69) is 20.8 Å². The summed E-state index contributed by atoms with van der Waals surface area (Å²) in [4.78, 5) is 11.5. The van der Waals surface area contributed by atoms with Gasteiger partial charge in [-0.25, -0.2) is 4.79 Å². The summed E-state index contributed by atoms with van der Waals surface area (Å²) in [6, 6.07) is -0.253. The molecule has 0 aliphatic rings. The molecule has 1 aromatic rings. The zero-order valence-corrected chi connectivity index (χ0v) is 11.5. The second-order valence-corrected chi connectivity index (χ2v) is 6.62. The first-order valence-corrected chi connectivity index (χ1v) is 6.76. The first-order chi connectivity index (χ1) is 7.40. The Balaban J connectivity index is 2.50. The van der Waals surface area contributed by atoms with Crippen molar-refractivity contribution < 1.29 is 4.79 Å². The Morgan fingerprint density at radius 2 is 2.12 bits per heavy atom. The number of thioether (sulfide) groups is 1. The van der Waals surface area contributed by atoms with Crippen molar-refractivity contribution in [3.63, 3.8) is 0 Å². The number of carbonyl (C=O) groups is 1. The van der Waals surface area contributed by atoms with Crippen LogP contribution >= 0.6 is 23.1 Å². The van der Waals surface area contributed by atoms with Crippen LogP contribution in [0, 0.1) is 0 Å². The normalized spacial score (nSPS) is 11.2. The summed E-state index contributed by atoms with van der Waals surface area (Å²) in [7, 11) is 0. The number of hydrogen-bond acceptors (Lipinski definition) is 5. The van der Waals surface area contributed by atoms with Crippen molar-refractivity contribution >= 4 is 34.3 Å². The van der Waals surface area contributed by atoms with E-state index in [9.17, 15) is 4.79 Å². The van der Waals surface area contributed by atoms with Crippen LogP contribution in [0.2, 0.25) is 0 Å². The van der Waals surface area contributed by atoms with Crippen LogP contribution in [-0.4, -0.2) is 27.5 Å². The number of carbonyl (C=O) groups excluding carboxylic acids is 1. The maximum Gasteiger partial charge on any atom is 0.321 e. The zero-order chi connectivity index (χ0) is 12.2. The van der Waals surface area contributed by atoms with Gasteiger partial charge in [-0.3, -0.25) is 5.32 Å². The lowest BCUT2D eigenvalue weighted by atomic mass is 10.1. The van der Waals surface area contributed by atoms with Crippen molar-refractivity contribution in [2.75, 3.05) is 11.1 Å². The molecule has 0 saturated heterocycles. The highest BCUT2D eigenvalue weighted by Gasteiger charge is 2.15. The van der Waals surface area contributed by atoms with Crippen molar-refractivity contribution in [3.8, 4) is 0 Å². The molecule has 1 aromatic heterocycles. The molecule has 1 rings (SSSR count). The van der Waals surface area contributed by atoms with E-state index >= 15 is 0 Å². The van der Waals surface area contributed by atoms with Gasteiger partial charge in [0, 0.05) is 5.54 Å². The average molecular weight is 260 g/mol. The van der Waals surface area contributed by atoms with Crippen molar-refractivity contribution in [2.24, 2.45) is 0 Å². The minimum atomic E-state index is -0.254. The Morgan fingerprint density at radius 3 is 2.69 bits per heavy atom. The third kappa shape index (κ3) is 4.80. The fraction of sp³-hybridized carbons (Fsp3) is 0.667. The van der Waals surface area contributed by atoms with E-state index in [1.54, 1.807) is 11.8 Å². The van der Waals surface area contributed by atoms with E-state index in [-0.39, 0.29) is 11.6 Å². The van der Waals surface area contributed by atoms with Gasteiger partial charge in [0.15, 0.2) is 4.34 Å². The molecular weight excluding hydrogens is 244 g/mol. The van der Waals surface area contributed by atoms with E-state index in [0.717, 1.165) is 10.1 Å². The van der Waals surface area contributed by atoms with E-state index in [1.807, 2.05) is 27.7 Å².